The van der Waals surface area contributed by atoms with Crippen molar-refractivity contribution in [3.8, 4) is 0 Å². The molecule has 3 rings (SSSR count). The van der Waals surface area contributed by atoms with Crippen molar-refractivity contribution >= 4 is 34.8 Å². The lowest BCUT2D eigenvalue weighted by Gasteiger charge is -2.29. The molecule has 0 bridgehead atoms. The summed E-state index contributed by atoms with van der Waals surface area (Å²) in [6.45, 7) is 1.45. The van der Waals surface area contributed by atoms with Gasteiger partial charge in [0.05, 0.1) is 22.8 Å². The third-order valence-electron chi connectivity index (χ3n) is 3.70. The molecule has 124 valence electrons. The molecule has 1 aliphatic rings. The smallest absolute Gasteiger partial charge is 0.258 e. The Labute approximate surface area is 143 Å². The van der Waals surface area contributed by atoms with Crippen LogP contribution in [0.4, 0.5) is 15.8 Å². The zero-order valence-electron chi connectivity index (χ0n) is 12.7. The fraction of sp³-hybridized carbons (Fsp3) is 0.176. The Morgan fingerprint density at radius 1 is 1.25 bits per heavy atom. The fourth-order valence-corrected chi connectivity index (χ4v) is 2.83. The maximum atomic E-state index is 13.6. The zero-order valence-corrected chi connectivity index (χ0v) is 13.4. The summed E-state index contributed by atoms with van der Waals surface area (Å²) in [5, 5.41) is 5.78. The number of halogens is 2. The summed E-state index contributed by atoms with van der Waals surface area (Å²) in [6.07, 6.45) is 0. The van der Waals surface area contributed by atoms with Crippen molar-refractivity contribution in [3.63, 3.8) is 0 Å². The van der Waals surface area contributed by atoms with E-state index in [9.17, 15) is 14.0 Å². The summed E-state index contributed by atoms with van der Waals surface area (Å²) in [5.74, 6) is -1.19. The second-order valence-corrected chi connectivity index (χ2v) is 5.78. The minimum absolute atomic E-state index is 0.0367. The van der Waals surface area contributed by atoms with E-state index in [0.29, 0.717) is 23.8 Å². The molecule has 5 nitrogen and oxygen atoms in total. The highest BCUT2D eigenvalue weighted by Gasteiger charge is 2.19. The molecule has 0 atom stereocenters. The van der Waals surface area contributed by atoms with E-state index in [1.807, 2.05) is 4.90 Å². The van der Waals surface area contributed by atoms with Crippen LogP contribution in [-0.4, -0.2) is 31.4 Å². The molecule has 2 N–H and O–H groups in total. The second kappa shape index (κ2) is 6.88. The summed E-state index contributed by atoms with van der Waals surface area (Å²) in [7, 11) is 0. The number of piperazine rings is 1. The maximum Gasteiger partial charge on any atom is 0.258 e. The standard InChI is InChI=1S/C17H15ClFN3O2/c18-13-9-11(21-17(24)12-3-1-2-4-14(12)19)5-6-15(13)22-8-7-20-16(23)10-22/h1-6,9H,7-8,10H2,(H,20,23)(H,21,24). The van der Waals surface area contributed by atoms with E-state index in [1.54, 1.807) is 24.3 Å². The molecule has 1 fully saturated rings. The monoisotopic (exact) mass is 347 g/mol. The topological polar surface area (TPSA) is 61.4 Å². The first-order valence-electron chi connectivity index (χ1n) is 7.41. The lowest BCUT2D eigenvalue weighted by Crippen LogP contribution is -2.47. The lowest BCUT2D eigenvalue weighted by molar-refractivity contribution is -0.120. The number of anilines is 2. The van der Waals surface area contributed by atoms with Crippen LogP contribution in [0.25, 0.3) is 0 Å². The summed E-state index contributed by atoms with van der Waals surface area (Å²) in [6, 6.07) is 10.7. The van der Waals surface area contributed by atoms with E-state index >= 15 is 0 Å². The summed E-state index contributed by atoms with van der Waals surface area (Å²) in [4.78, 5) is 25.5. The number of nitrogens with zero attached hydrogens (tertiary/aromatic N) is 1. The van der Waals surface area contributed by atoms with Gasteiger partial charge in [0.15, 0.2) is 0 Å². The Bertz CT molecular complexity index is 797. The number of carbonyl (C=O) groups is 2. The highest BCUT2D eigenvalue weighted by Crippen LogP contribution is 2.29. The molecule has 7 heteroatoms. The van der Waals surface area contributed by atoms with E-state index in [-0.39, 0.29) is 18.0 Å². The van der Waals surface area contributed by atoms with Crippen molar-refractivity contribution in [1.29, 1.82) is 0 Å². The number of hydrogen-bond acceptors (Lipinski definition) is 3. The third kappa shape index (κ3) is 3.49. The molecule has 1 heterocycles. The minimum Gasteiger partial charge on any atom is -0.359 e. The Morgan fingerprint density at radius 2 is 2.04 bits per heavy atom. The van der Waals surface area contributed by atoms with Crippen molar-refractivity contribution < 1.29 is 14.0 Å². The van der Waals surface area contributed by atoms with Gasteiger partial charge in [-0.15, -0.1) is 0 Å². The molecule has 0 unspecified atom stereocenters. The number of rotatable bonds is 3. The van der Waals surface area contributed by atoms with Gasteiger partial charge in [0.2, 0.25) is 5.91 Å². The minimum atomic E-state index is -0.586. The molecule has 2 amide bonds. The number of amides is 2. The maximum absolute atomic E-state index is 13.6. The number of hydrogen-bond donors (Lipinski definition) is 2. The lowest BCUT2D eigenvalue weighted by atomic mass is 10.2. The van der Waals surface area contributed by atoms with Gasteiger partial charge in [0, 0.05) is 18.8 Å². The van der Waals surface area contributed by atoms with Gasteiger partial charge in [0.1, 0.15) is 5.82 Å². The van der Waals surface area contributed by atoms with Crippen LogP contribution in [-0.2, 0) is 4.79 Å². The molecule has 24 heavy (non-hydrogen) atoms. The first-order chi connectivity index (χ1) is 11.5. The van der Waals surface area contributed by atoms with Crippen molar-refractivity contribution in [3.05, 3.63) is 58.9 Å². The average Bonchev–Trinajstić information content (AvgIpc) is 2.55. The summed E-state index contributed by atoms with van der Waals surface area (Å²) < 4.78 is 13.6. The normalized spacial score (nSPS) is 14.2. The highest BCUT2D eigenvalue weighted by atomic mass is 35.5. The van der Waals surface area contributed by atoms with Gasteiger partial charge in [-0.3, -0.25) is 9.59 Å². The summed E-state index contributed by atoms with van der Waals surface area (Å²) >= 11 is 6.27. The quantitative estimate of drug-likeness (QED) is 0.897. The number of nitrogens with one attached hydrogen (secondary N) is 2. The van der Waals surface area contributed by atoms with Crippen LogP contribution in [0.5, 0.6) is 0 Å². The van der Waals surface area contributed by atoms with E-state index in [1.165, 1.54) is 18.2 Å². The zero-order chi connectivity index (χ0) is 17.1. The van der Waals surface area contributed by atoms with E-state index in [0.717, 1.165) is 5.69 Å². The SMILES string of the molecule is O=C1CN(c2ccc(NC(=O)c3ccccc3F)cc2Cl)CCN1. The van der Waals surface area contributed by atoms with Crippen molar-refractivity contribution in [2.45, 2.75) is 0 Å². The van der Waals surface area contributed by atoms with Crippen LogP contribution in [0.2, 0.25) is 5.02 Å². The van der Waals surface area contributed by atoms with Gasteiger partial charge in [-0.05, 0) is 30.3 Å². The average molecular weight is 348 g/mol. The number of benzene rings is 2. The first kappa shape index (κ1) is 16.3. The van der Waals surface area contributed by atoms with Gasteiger partial charge in [-0.25, -0.2) is 4.39 Å². The molecule has 0 aromatic heterocycles. The predicted molar refractivity (Wildman–Crippen MR) is 91.0 cm³/mol. The van der Waals surface area contributed by atoms with Crippen LogP contribution in [0.3, 0.4) is 0 Å². The van der Waals surface area contributed by atoms with Gasteiger partial charge in [0.25, 0.3) is 5.91 Å². The molecular formula is C17H15ClFN3O2. The van der Waals surface area contributed by atoms with Crippen LogP contribution in [0, 0.1) is 5.82 Å². The van der Waals surface area contributed by atoms with Crippen LogP contribution < -0.4 is 15.5 Å². The van der Waals surface area contributed by atoms with Crippen molar-refractivity contribution in [1.82, 2.24) is 5.32 Å². The second-order valence-electron chi connectivity index (χ2n) is 5.37. The van der Waals surface area contributed by atoms with Gasteiger partial charge in [-0.2, -0.15) is 0 Å². The van der Waals surface area contributed by atoms with Crippen molar-refractivity contribution in [2.24, 2.45) is 0 Å². The number of carbonyl (C=O) groups excluding carboxylic acids is 2. The molecular weight excluding hydrogens is 333 g/mol. The third-order valence-corrected chi connectivity index (χ3v) is 4.01. The molecule has 1 saturated heterocycles. The Kier molecular flexibility index (Phi) is 4.66. The Hall–Kier alpha value is -2.60. The van der Waals surface area contributed by atoms with Gasteiger partial charge >= 0.3 is 0 Å². The van der Waals surface area contributed by atoms with Gasteiger partial charge < -0.3 is 15.5 Å². The largest absolute Gasteiger partial charge is 0.359 e. The molecule has 0 saturated carbocycles. The van der Waals surface area contributed by atoms with Crippen LogP contribution in [0.15, 0.2) is 42.5 Å². The molecule has 2 aromatic carbocycles. The Balaban J connectivity index is 1.76. The van der Waals surface area contributed by atoms with Crippen molar-refractivity contribution in [2.75, 3.05) is 29.9 Å². The Morgan fingerprint density at radius 3 is 2.75 bits per heavy atom. The van der Waals surface area contributed by atoms with E-state index in [2.05, 4.69) is 10.6 Å². The van der Waals surface area contributed by atoms with E-state index in [4.69, 9.17) is 11.6 Å². The van der Waals surface area contributed by atoms with Gasteiger partial charge in [-0.1, -0.05) is 23.7 Å². The molecule has 0 radical (unpaired) electrons. The van der Waals surface area contributed by atoms with Crippen LogP contribution >= 0.6 is 11.6 Å². The highest BCUT2D eigenvalue weighted by molar-refractivity contribution is 6.33. The summed E-state index contributed by atoms with van der Waals surface area (Å²) in [5.41, 5.74) is 1.14. The van der Waals surface area contributed by atoms with Crippen LogP contribution in [0.1, 0.15) is 10.4 Å². The molecule has 1 aliphatic heterocycles. The molecule has 2 aromatic rings. The van der Waals surface area contributed by atoms with E-state index < -0.39 is 11.7 Å². The predicted octanol–water partition coefficient (Wildman–Crippen LogP) is 2.67. The molecule has 0 spiro atoms. The first-order valence-corrected chi connectivity index (χ1v) is 7.79. The fourth-order valence-electron chi connectivity index (χ4n) is 2.53. The molecule has 0 aliphatic carbocycles.